The average molecular weight is 524 g/mol. The Kier molecular flexibility index (Phi) is 9.99. The van der Waals surface area contributed by atoms with Gasteiger partial charge in [-0.15, -0.1) is 28.5 Å². The number of carbonyl (C=O) groups excluding carboxylic acids is 1. The number of carbonyl (C=O) groups is 1. The van der Waals surface area contributed by atoms with Gasteiger partial charge in [-0.05, 0) is 48.9 Å². The maximum Gasteiger partial charge on any atom is 0.234 e. The molecular formula is C23H24Cl2N4O2S2. The molecule has 0 spiro atoms. The van der Waals surface area contributed by atoms with Crippen LogP contribution in [0.25, 0.3) is 0 Å². The number of thioether (sulfide) groups is 2. The third-order valence-corrected chi connectivity index (χ3v) is 6.92. The Labute approximate surface area is 212 Å². The Balaban J connectivity index is 1.54. The highest BCUT2D eigenvalue weighted by atomic mass is 35.5. The molecule has 0 fully saturated rings. The molecule has 0 aliphatic heterocycles. The van der Waals surface area contributed by atoms with E-state index in [1.807, 2.05) is 47.9 Å². The van der Waals surface area contributed by atoms with Gasteiger partial charge in [0.15, 0.2) is 5.16 Å². The zero-order chi connectivity index (χ0) is 23.6. The summed E-state index contributed by atoms with van der Waals surface area (Å²) in [6.45, 7) is 6.92. The van der Waals surface area contributed by atoms with Crippen molar-refractivity contribution >= 4 is 58.3 Å². The van der Waals surface area contributed by atoms with Crippen LogP contribution in [0.3, 0.4) is 0 Å². The molecule has 3 rings (SSSR count). The summed E-state index contributed by atoms with van der Waals surface area (Å²) in [5.41, 5.74) is 1.73. The quantitative estimate of drug-likeness (QED) is 0.221. The Morgan fingerprint density at radius 3 is 2.67 bits per heavy atom. The minimum Gasteiger partial charge on any atom is -0.494 e. The van der Waals surface area contributed by atoms with Crippen molar-refractivity contribution in [2.24, 2.45) is 0 Å². The molecule has 174 valence electrons. The summed E-state index contributed by atoms with van der Waals surface area (Å²) in [5.74, 6) is 3.06. The minimum absolute atomic E-state index is 0.120. The van der Waals surface area contributed by atoms with E-state index in [0.717, 1.165) is 28.6 Å². The summed E-state index contributed by atoms with van der Waals surface area (Å²) in [6.07, 6.45) is 1.79. The standard InChI is InChI=1S/C23H24Cl2N4O2S2/c1-3-11-29-21(14-32-13-16-5-6-17(24)12-20(16)25)27-28-23(29)33-15-22(30)26-18-7-9-19(10-8-18)31-4-2/h3,5-10,12H,1,4,11,13-15H2,2H3,(H,26,30). The van der Waals surface area contributed by atoms with E-state index in [-0.39, 0.29) is 11.7 Å². The van der Waals surface area contributed by atoms with Gasteiger partial charge in [-0.3, -0.25) is 4.79 Å². The summed E-state index contributed by atoms with van der Waals surface area (Å²) in [7, 11) is 0. The highest BCUT2D eigenvalue weighted by Gasteiger charge is 2.14. The molecule has 2 aromatic carbocycles. The fourth-order valence-electron chi connectivity index (χ4n) is 2.86. The second-order valence-corrected chi connectivity index (χ2v) is 9.59. The van der Waals surface area contributed by atoms with Crippen LogP contribution < -0.4 is 10.1 Å². The largest absolute Gasteiger partial charge is 0.494 e. The molecule has 3 aromatic rings. The second kappa shape index (κ2) is 12.9. The molecule has 0 saturated carbocycles. The van der Waals surface area contributed by atoms with Crippen molar-refractivity contribution in [2.75, 3.05) is 17.7 Å². The van der Waals surface area contributed by atoms with Crippen LogP contribution in [0.1, 0.15) is 18.3 Å². The molecule has 0 unspecified atom stereocenters. The number of rotatable bonds is 12. The number of anilines is 1. The maximum absolute atomic E-state index is 12.4. The normalized spacial score (nSPS) is 10.8. The smallest absolute Gasteiger partial charge is 0.234 e. The van der Waals surface area contributed by atoms with Crippen molar-refractivity contribution < 1.29 is 9.53 Å². The number of amides is 1. The van der Waals surface area contributed by atoms with Gasteiger partial charge in [0.05, 0.1) is 18.1 Å². The molecule has 0 aliphatic carbocycles. The van der Waals surface area contributed by atoms with Crippen molar-refractivity contribution in [3.63, 3.8) is 0 Å². The lowest BCUT2D eigenvalue weighted by atomic mass is 10.2. The van der Waals surface area contributed by atoms with Gasteiger partial charge in [0.25, 0.3) is 0 Å². The third-order valence-electron chi connectivity index (χ3n) is 4.39. The van der Waals surface area contributed by atoms with E-state index in [9.17, 15) is 4.79 Å². The third kappa shape index (κ3) is 7.71. The maximum atomic E-state index is 12.4. The van der Waals surface area contributed by atoms with Crippen LogP contribution >= 0.6 is 46.7 Å². The first-order valence-corrected chi connectivity index (χ1v) is 13.1. The predicted octanol–water partition coefficient (Wildman–Crippen LogP) is 6.33. The van der Waals surface area contributed by atoms with Gasteiger partial charge in [-0.2, -0.15) is 0 Å². The molecule has 33 heavy (non-hydrogen) atoms. The molecule has 0 aliphatic rings. The van der Waals surface area contributed by atoms with Crippen molar-refractivity contribution in [1.29, 1.82) is 0 Å². The number of halogens is 2. The van der Waals surface area contributed by atoms with E-state index in [0.29, 0.717) is 34.1 Å². The average Bonchev–Trinajstić information content (AvgIpc) is 3.17. The molecule has 1 heterocycles. The number of hydrogen-bond donors (Lipinski definition) is 1. The zero-order valence-corrected chi connectivity index (χ0v) is 21.2. The molecule has 0 saturated heterocycles. The van der Waals surface area contributed by atoms with Crippen LogP contribution in [-0.2, 0) is 22.8 Å². The lowest BCUT2D eigenvalue weighted by Gasteiger charge is -2.09. The number of nitrogens with zero attached hydrogens (tertiary/aromatic N) is 3. The predicted molar refractivity (Wildman–Crippen MR) is 139 cm³/mol. The van der Waals surface area contributed by atoms with Crippen molar-refractivity contribution in [3.05, 3.63) is 76.6 Å². The summed E-state index contributed by atoms with van der Waals surface area (Å²) in [4.78, 5) is 12.4. The van der Waals surface area contributed by atoms with Gasteiger partial charge >= 0.3 is 0 Å². The Morgan fingerprint density at radius 2 is 1.97 bits per heavy atom. The Bertz CT molecular complexity index is 1090. The van der Waals surface area contributed by atoms with Crippen molar-refractivity contribution in [2.45, 2.75) is 30.1 Å². The van der Waals surface area contributed by atoms with Gasteiger partial charge in [0, 0.05) is 28.0 Å². The van der Waals surface area contributed by atoms with Gasteiger partial charge in [-0.25, -0.2) is 0 Å². The van der Waals surface area contributed by atoms with E-state index in [2.05, 4.69) is 22.1 Å². The lowest BCUT2D eigenvalue weighted by molar-refractivity contribution is -0.113. The number of ether oxygens (including phenoxy) is 1. The molecule has 6 nitrogen and oxygen atoms in total. The second-order valence-electron chi connectivity index (χ2n) is 6.82. The van der Waals surface area contributed by atoms with Crippen LogP contribution in [0.5, 0.6) is 5.75 Å². The van der Waals surface area contributed by atoms with E-state index < -0.39 is 0 Å². The van der Waals surface area contributed by atoms with Gasteiger partial charge < -0.3 is 14.6 Å². The monoisotopic (exact) mass is 522 g/mol. The molecule has 1 aromatic heterocycles. The number of aromatic nitrogens is 3. The van der Waals surface area contributed by atoms with Crippen LogP contribution in [0, 0.1) is 0 Å². The first-order chi connectivity index (χ1) is 16.0. The number of hydrogen-bond acceptors (Lipinski definition) is 6. The summed E-state index contributed by atoms with van der Waals surface area (Å²) < 4.78 is 7.39. The number of nitrogens with one attached hydrogen (secondary N) is 1. The van der Waals surface area contributed by atoms with E-state index in [1.54, 1.807) is 23.9 Å². The lowest BCUT2D eigenvalue weighted by Crippen LogP contribution is -2.14. The van der Waals surface area contributed by atoms with E-state index in [4.69, 9.17) is 27.9 Å². The van der Waals surface area contributed by atoms with E-state index >= 15 is 0 Å². The molecule has 0 bridgehead atoms. The van der Waals surface area contributed by atoms with Crippen LogP contribution in [-0.4, -0.2) is 33.0 Å². The van der Waals surface area contributed by atoms with Gasteiger partial charge in [-0.1, -0.05) is 47.1 Å². The molecule has 1 N–H and O–H groups in total. The van der Waals surface area contributed by atoms with Crippen LogP contribution in [0.2, 0.25) is 10.0 Å². The SMILES string of the molecule is C=CCn1c(CSCc2ccc(Cl)cc2Cl)nnc1SCC(=O)Nc1ccc(OCC)cc1. The zero-order valence-electron chi connectivity index (χ0n) is 18.1. The van der Waals surface area contributed by atoms with Gasteiger partial charge in [0.1, 0.15) is 11.6 Å². The molecule has 0 atom stereocenters. The van der Waals surface area contributed by atoms with Crippen LogP contribution in [0.15, 0.2) is 60.3 Å². The molecular weight excluding hydrogens is 499 g/mol. The topological polar surface area (TPSA) is 69.0 Å². The number of benzene rings is 2. The summed E-state index contributed by atoms with van der Waals surface area (Å²) >= 11 is 15.2. The molecule has 1 amide bonds. The molecule has 10 heteroatoms. The first kappa shape index (κ1) is 25.5. The first-order valence-electron chi connectivity index (χ1n) is 10.2. The Hall–Kier alpha value is -2.13. The van der Waals surface area contributed by atoms with Crippen LogP contribution in [0.4, 0.5) is 5.69 Å². The van der Waals surface area contributed by atoms with Crippen molar-refractivity contribution in [1.82, 2.24) is 14.8 Å². The summed E-state index contributed by atoms with van der Waals surface area (Å²) in [6, 6.07) is 12.8. The number of allylic oxidation sites excluding steroid dienone is 1. The fraction of sp³-hybridized carbons (Fsp3) is 0.261. The highest BCUT2D eigenvalue weighted by molar-refractivity contribution is 7.99. The highest BCUT2D eigenvalue weighted by Crippen LogP contribution is 2.27. The fourth-order valence-corrected chi connectivity index (χ4v) is 5.16. The van der Waals surface area contributed by atoms with Crippen molar-refractivity contribution in [3.8, 4) is 5.75 Å². The molecule has 0 radical (unpaired) electrons. The van der Waals surface area contributed by atoms with E-state index in [1.165, 1.54) is 11.8 Å². The van der Waals surface area contributed by atoms with Gasteiger partial charge in [0.2, 0.25) is 5.91 Å². The minimum atomic E-state index is -0.120. The Morgan fingerprint density at radius 1 is 1.18 bits per heavy atom. The summed E-state index contributed by atoms with van der Waals surface area (Å²) in [5, 5.41) is 13.4.